The second-order valence-corrected chi connectivity index (χ2v) is 6.06. The molecule has 0 aliphatic carbocycles. The standard InChI is InChI=1S/C16H17ClN2OS/c1-11(2)10-19-15(20)14(18-16(19)21)9-13(17)8-12-6-4-3-5-7-12/h3-9,11H,10H2,1-2H3,(H,18,21)/b13-8-,14-9+. The maximum atomic E-state index is 12.3. The average molecular weight is 321 g/mol. The second-order valence-electron chi connectivity index (χ2n) is 5.24. The van der Waals surface area contributed by atoms with Gasteiger partial charge in [0.1, 0.15) is 5.70 Å². The number of nitrogens with one attached hydrogen (secondary N) is 1. The van der Waals surface area contributed by atoms with Crippen LogP contribution in [0.15, 0.2) is 47.1 Å². The van der Waals surface area contributed by atoms with Gasteiger partial charge in [0.05, 0.1) is 0 Å². The van der Waals surface area contributed by atoms with E-state index < -0.39 is 0 Å². The zero-order valence-electron chi connectivity index (χ0n) is 12.0. The van der Waals surface area contributed by atoms with Crippen LogP contribution in [0.4, 0.5) is 0 Å². The molecule has 2 rings (SSSR count). The summed E-state index contributed by atoms with van der Waals surface area (Å²) in [7, 11) is 0. The van der Waals surface area contributed by atoms with Crippen LogP contribution < -0.4 is 5.32 Å². The lowest BCUT2D eigenvalue weighted by molar-refractivity contribution is -0.122. The molecule has 1 heterocycles. The first-order valence-electron chi connectivity index (χ1n) is 6.74. The van der Waals surface area contributed by atoms with Crippen molar-refractivity contribution in [2.24, 2.45) is 5.92 Å². The Morgan fingerprint density at radius 1 is 1.38 bits per heavy atom. The number of rotatable bonds is 4. The minimum Gasteiger partial charge on any atom is -0.328 e. The smallest absolute Gasteiger partial charge is 0.276 e. The number of carbonyl (C=O) groups excluding carboxylic acids is 1. The topological polar surface area (TPSA) is 32.3 Å². The number of hydrogen-bond donors (Lipinski definition) is 1. The maximum Gasteiger partial charge on any atom is 0.276 e. The van der Waals surface area contributed by atoms with Crippen molar-refractivity contribution in [3.8, 4) is 0 Å². The molecule has 0 atom stereocenters. The first-order chi connectivity index (χ1) is 9.97. The number of amides is 1. The third-order valence-electron chi connectivity index (χ3n) is 2.90. The van der Waals surface area contributed by atoms with Gasteiger partial charge in [0.25, 0.3) is 5.91 Å². The third kappa shape index (κ3) is 4.16. The van der Waals surface area contributed by atoms with Crippen LogP contribution in [0.25, 0.3) is 6.08 Å². The van der Waals surface area contributed by atoms with E-state index in [0.29, 0.717) is 28.3 Å². The van der Waals surface area contributed by atoms with Crippen molar-refractivity contribution in [2.45, 2.75) is 13.8 Å². The molecule has 0 spiro atoms. The Bertz CT molecular complexity index is 608. The van der Waals surface area contributed by atoms with Crippen LogP contribution >= 0.6 is 23.8 Å². The third-order valence-corrected chi connectivity index (χ3v) is 3.44. The molecule has 1 amide bonds. The highest BCUT2D eigenvalue weighted by Crippen LogP contribution is 2.17. The monoisotopic (exact) mass is 320 g/mol. The quantitative estimate of drug-likeness (QED) is 0.680. The van der Waals surface area contributed by atoms with Crippen molar-refractivity contribution >= 4 is 40.9 Å². The zero-order valence-corrected chi connectivity index (χ0v) is 13.5. The summed E-state index contributed by atoms with van der Waals surface area (Å²) >= 11 is 11.4. The molecule has 1 saturated heterocycles. The van der Waals surface area contributed by atoms with E-state index in [9.17, 15) is 4.79 Å². The Hall–Kier alpha value is -1.65. The highest BCUT2D eigenvalue weighted by Gasteiger charge is 2.30. The zero-order chi connectivity index (χ0) is 15.4. The molecule has 1 fully saturated rings. The highest BCUT2D eigenvalue weighted by molar-refractivity contribution is 7.80. The van der Waals surface area contributed by atoms with Gasteiger partial charge < -0.3 is 5.32 Å². The first kappa shape index (κ1) is 15.7. The van der Waals surface area contributed by atoms with E-state index >= 15 is 0 Å². The summed E-state index contributed by atoms with van der Waals surface area (Å²) in [6.07, 6.45) is 3.42. The van der Waals surface area contributed by atoms with Gasteiger partial charge in [-0.1, -0.05) is 55.8 Å². The Balaban J connectivity index is 2.17. The molecule has 1 N–H and O–H groups in total. The van der Waals surface area contributed by atoms with Crippen LogP contribution in [0.5, 0.6) is 0 Å². The van der Waals surface area contributed by atoms with E-state index in [1.807, 2.05) is 44.2 Å². The summed E-state index contributed by atoms with van der Waals surface area (Å²) in [6.45, 7) is 4.68. The Labute approximate surface area is 135 Å². The van der Waals surface area contributed by atoms with Gasteiger partial charge in [-0.05, 0) is 35.9 Å². The van der Waals surface area contributed by atoms with Gasteiger partial charge in [-0.2, -0.15) is 0 Å². The molecule has 3 nitrogen and oxygen atoms in total. The highest BCUT2D eigenvalue weighted by atomic mass is 35.5. The molecule has 0 unspecified atom stereocenters. The Morgan fingerprint density at radius 3 is 2.67 bits per heavy atom. The lowest BCUT2D eigenvalue weighted by Gasteiger charge is -2.15. The van der Waals surface area contributed by atoms with Gasteiger partial charge >= 0.3 is 0 Å². The summed E-state index contributed by atoms with van der Waals surface area (Å²) < 4.78 is 0. The molecule has 0 saturated carbocycles. The average Bonchev–Trinajstić information content (AvgIpc) is 2.67. The normalized spacial score (nSPS) is 17.8. The van der Waals surface area contributed by atoms with Gasteiger partial charge in [-0.15, -0.1) is 0 Å². The molecule has 1 aliphatic heterocycles. The van der Waals surface area contributed by atoms with E-state index in [2.05, 4.69) is 5.32 Å². The van der Waals surface area contributed by atoms with Gasteiger partial charge in [-0.3, -0.25) is 9.69 Å². The second kappa shape index (κ2) is 6.87. The SMILES string of the molecule is CC(C)CN1C(=O)/C(=C\C(Cl)=C\c2ccccc2)NC1=S. The predicted octanol–water partition coefficient (Wildman–Crippen LogP) is 3.52. The minimum absolute atomic E-state index is 0.131. The number of halogens is 1. The largest absolute Gasteiger partial charge is 0.328 e. The number of carbonyl (C=O) groups is 1. The van der Waals surface area contributed by atoms with Crippen LogP contribution in [-0.4, -0.2) is 22.5 Å². The van der Waals surface area contributed by atoms with Crippen LogP contribution in [0.1, 0.15) is 19.4 Å². The summed E-state index contributed by atoms with van der Waals surface area (Å²) in [5.41, 5.74) is 1.39. The lowest BCUT2D eigenvalue weighted by atomic mass is 10.2. The van der Waals surface area contributed by atoms with Gasteiger partial charge in [0, 0.05) is 11.6 Å². The van der Waals surface area contributed by atoms with Gasteiger partial charge in [0.2, 0.25) is 0 Å². The number of hydrogen-bond acceptors (Lipinski definition) is 2. The summed E-state index contributed by atoms with van der Waals surface area (Å²) in [6, 6.07) is 9.69. The van der Waals surface area contributed by atoms with Crippen LogP contribution in [0.3, 0.4) is 0 Å². The molecule has 1 aromatic carbocycles. The predicted molar refractivity (Wildman–Crippen MR) is 90.6 cm³/mol. The van der Waals surface area contributed by atoms with Crippen molar-refractivity contribution in [1.82, 2.24) is 10.2 Å². The van der Waals surface area contributed by atoms with Crippen LogP contribution in [0, 0.1) is 5.92 Å². The van der Waals surface area contributed by atoms with E-state index in [0.717, 1.165) is 5.56 Å². The molecule has 110 valence electrons. The van der Waals surface area contributed by atoms with Crippen molar-refractivity contribution in [1.29, 1.82) is 0 Å². The fraction of sp³-hybridized carbons (Fsp3) is 0.250. The Kier molecular flexibility index (Phi) is 5.15. The maximum absolute atomic E-state index is 12.3. The molecule has 0 bridgehead atoms. The number of nitrogens with zero attached hydrogens (tertiary/aromatic N) is 1. The fourth-order valence-electron chi connectivity index (χ4n) is 1.99. The van der Waals surface area contributed by atoms with Gasteiger partial charge in [0.15, 0.2) is 5.11 Å². The van der Waals surface area contributed by atoms with Gasteiger partial charge in [-0.25, -0.2) is 0 Å². The van der Waals surface area contributed by atoms with Crippen LogP contribution in [0.2, 0.25) is 0 Å². The van der Waals surface area contributed by atoms with E-state index in [1.54, 1.807) is 17.1 Å². The van der Waals surface area contributed by atoms with Crippen molar-refractivity contribution in [3.05, 3.63) is 52.7 Å². The molecule has 0 radical (unpaired) electrons. The first-order valence-corrected chi connectivity index (χ1v) is 7.53. The van der Waals surface area contributed by atoms with Crippen molar-refractivity contribution in [2.75, 3.05) is 6.54 Å². The molecular weight excluding hydrogens is 304 g/mol. The van der Waals surface area contributed by atoms with E-state index in [1.165, 1.54) is 0 Å². The Morgan fingerprint density at radius 2 is 2.05 bits per heavy atom. The molecule has 1 aliphatic rings. The number of allylic oxidation sites excluding steroid dienone is 2. The number of thiocarbonyl (C=S) groups is 1. The molecule has 1 aromatic rings. The number of benzene rings is 1. The van der Waals surface area contributed by atoms with Crippen LogP contribution in [-0.2, 0) is 4.79 Å². The molecule has 21 heavy (non-hydrogen) atoms. The summed E-state index contributed by atoms with van der Waals surface area (Å²) in [5.74, 6) is 0.219. The lowest BCUT2D eigenvalue weighted by Crippen LogP contribution is -2.33. The summed E-state index contributed by atoms with van der Waals surface area (Å²) in [4.78, 5) is 13.8. The van der Waals surface area contributed by atoms with Crippen molar-refractivity contribution < 1.29 is 4.79 Å². The molecule has 5 heteroatoms. The molecule has 0 aromatic heterocycles. The van der Waals surface area contributed by atoms with E-state index in [-0.39, 0.29) is 5.91 Å². The van der Waals surface area contributed by atoms with E-state index in [4.69, 9.17) is 23.8 Å². The van der Waals surface area contributed by atoms with Crippen molar-refractivity contribution in [3.63, 3.8) is 0 Å². The minimum atomic E-state index is -0.131. The summed E-state index contributed by atoms with van der Waals surface area (Å²) in [5, 5.41) is 3.83. The fourth-order valence-corrected chi connectivity index (χ4v) is 2.49. The molecular formula is C16H17ClN2OS.